The molecule has 2 aliphatic rings. The molecule has 0 aromatic rings. The van der Waals surface area contributed by atoms with Crippen LogP contribution >= 0.6 is 0 Å². The van der Waals surface area contributed by atoms with Crippen LogP contribution < -0.4 is 0 Å². The van der Waals surface area contributed by atoms with Crippen LogP contribution in [-0.2, 0) is 0 Å². The molecule has 4 heteroatoms. The average Bonchev–Trinajstić information content (AvgIpc) is 2.85. The van der Waals surface area contributed by atoms with Gasteiger partial charge in [0.1, 0.15) is 6.17 Å². The van der Waals surface area contributed by atoms with Gasteiger partial charge in [-0.05, 0) is 19.3 Å². The SMILES string of the molecule is N#CC1(CN2C[C@@H](F)C[C@H]2CO)CC1. The van der Waals surface area contributed by atoms with E-state index >= 15 is 0 Å². The molecule has 0 bridgehead atoms. The molecule has 1 aliphatic heterocycles. The summed E-state index contributed by atoms with van der Waals surface area (Å²) < 4.78 is 13.1. The van der Waals surface area contributed by atoms with Crippen LogP contribution in [0.15, 0.2) is 0 Å². The second-order valence-electron chi connectivity index (χ2n) is 4.49. The molecule has 1 N–H and O–H groups in total. The molecule has 0 amide bonds. The van der Waals surface area contributed by atoms with Crippen molar-refractivity contribution in [3.05, 3.63) is 0 Å². The van der Waals surface area contributed by atoms with Gasteiger partial charge in [-0.25, -0.2) is 4.39 Å². The third-order valence-corrected chi connectivity index (χ3v) is 3.28. The maximum atomic E-state index is 13.1. The summed E-state index contributed by atoms with van der Waals surface area (Å²) in [6.45, 7) is 1.02. The first kappa shape index (κ1) is 9.88. The summed E-state index contributed by atoms with van der Waals surface area (Å²) in [6, 6.07) is 2.22. The fourth-order valence-corrected chi connectivity index (χ4v) is 2.15. The van der Waals surface area contributed by atoms with E-state index in [4.69, 9.17) is 10.4 Å². The Morgan fingerprint density at radius 2 is 2.29 bits per heavy atom. The monoisotopic (exact) mass is 198 g/mol. The average molecular weight is 198 g/mol. The van der Waals surface area contributed by atoms with Gasteiger partial charge in [0.15, 0.2) is 0 Å². The zero-order chi connectivity index (χ0) is 10.2. The molecule has 1 saturated heterocycles. The van der Waals surface area contributed by atoms with E-state index in [0.29, 0.717) is 19.5 Å². The molecule has 2 rings (SSSR count). The molecule has 1 heterocycles. The first-order valence-corrected chi connectivity index (χ1v) is 5.09. The highest BCUT2D eigenvalue weighted by Crippen LogP contribution is 2.46. The zero-order valence-corrected chi connectivity index (χ0v) is 8.12. The number of hydrogen-bond donors (Lipinski definition) is 1. The van der Waals surface area contributed by atoms with E-state index in [1.54, 1.807) is 0 Å². The van der Waals surface area contributed by atoms with Crippen molar-refractivity contribution in [1.29, 1.82) is 5.26 Å². The van der Waals surface area contributed by atoms with Gasteiger partial charge in [-0.1, -0.05) is 0 Å². The van der Waals surface area contributed by atoms with Crippen LogP contribution in [0.3, 0.4) is 0 Å². The van der Waals surface area contributed by atoms with Gasteiger partial charge in [-0.3, -0.25) is 4.90 Å². The maximum Gasteiger partial charge on any atom is 0.114 e. The summed E-state index contributed by atoms with van der Waals surface area (Å²) in [6.07, 6.45) is 1.43. The number of aliphatic hydroxyl groups is 1. The lowest BCUT2D eigenvalue weighted by Gasteiger charge is -2.24. The lowest BCUT2D eigenvalue weighted by Crippen LogP contribution is -2.36. The van der Waals surface area contributed by atoms with Crippen molar-refractivity contribution in [3.8, 4) is 6.07 Å². The summed E-state index contributed by atoms with van der Waals surface area (Å²) in [5.74, 6) is 0. The predicted molar refractivity (Wildman–Crippen MR) is 49.2 cm³/mol. The number of aliphatic hydroxyl groups excluding tert-OH is 1. The molecular weight excluding hydrogens is 183 g/mol. The number of nitriles is 1. The Hall–Kier alpha value is -0.660. The highest BCUT2D eigenvalue weighted by atomic mass is 19.1. The highest BCUT2D eigenvalue weighted by Gasteiger charge is 2.47. The second kappa shape index (κ2) is 3.48. The Kier molecular flexibility index (Phi) is 2.46. The van der Waals surface area contributed by atoms with E-state index in [2.05, 4.69) is 6.07 Å². The molecule has 14 heavy (non-hydrogen) atoms. The van der Waals surface area contributed by atoms with E-state index in [-0.39, 0.29) is 18.1 Å². The highest BCUT2D eigenvalue weighted by molar-refractivity contribution is 5.12. The minimum atomic E-state index is -0.832. The minimum absolute atomic E-state index is 0.00191. The fourth-order valence-electron chi connectivity index (χ4n) is 2.15. The minimum Gasteiger partial charge on any atom is -0.395 e. The molecule has 78 valence electrons. The lowest BCUT2D eigenvalue weighted by molar-refractivity contribution is 0.146. The number of alkyl halides is 1. The maximum absolute atomic E-state index is 13.1. The van der Waals surface area contributed by atoms with E-state index < -0.39 is 6.17 Å². The van der Waals surface area contributed by atoms with Gasteiger partial charge in [-0.15, -0.1) is 0 Å². The molecular formula is C10H15FN2O. The summed E-state index contributed by atoms with van der Waals surface area (Å²) >= 11 is 0. The van der Waals surface area contributed by atoms with Crippen LogP contribution in [0, 0.1) is 16.7 Å². The first-order chi connectivity index (χ1) is 6.69. The second-order valence-corrected chi connectivity index (χ2v) is 4.49. The molecule has 0 unspecified atom stereocenters. The number of likely N-dealkylation sites (tertiary alicyclic amines) is 1. The van der Waals surface area contributed by atoms with Crippen LogP contribution in [-0.4, -0.2) is 41.9 Å². The Morgan fingerprint density at radius 1 is 1.57 bits per heavy atom. The van der Waals surface area contributed by atoms with E-state index in [1.807, 2.05) is 4.90 Å². The molecule has 0 aromatic heterocycles. The predicted octanol–water partition coefficient (Wildman–Crippen LogP) is 0.695. The molecule has 0 radical (unpaired) electrons. The zero-order valence-electron chi connectivity index (χ0n) is 8.12. The van der Waals surface area contributed by atoms with Crippen molar-refractivity contribution < 1.29 is 9.50 Å². The standard InChI is InChI=1S/C10H15FN2O/c11-8-3-9(5-14)13(4-8)7-10(6-12)1-2-10/h8-9,14H,1-5,7H2/t8-,9-/m0/s1. The van der Waals surface area contributed by atoms with Gasteiger partial charge in [0.25, 0.3) is 0 Å². The van der Waals surface area contributed by atoms with E-state index in [9.17, 15) is 4.39 Å². The van der Waals surface area contributed by atoms with Crippen molar-refractivity contribution in [1.82, 2.24) is 4.90 Å². The van der Waals surface area contributed by atoms with Crippen LogP contribution in [0.4, 0.5) is 4.39 Å². The number of rotatable bonds is 3. The van der Waals surface area contributed by atoms with Gasteiger partial charge in [0.2, 0.25) is 0 Å². The molecule has 2 atom stereocenters. The third kappa shape index (κ3) is 1.75. The smallest absolute Gasteiger partial charge is 0.114 e. The molecule has 3 nitrogen and oxygen atoms in total. The van der Waals surface area contributed by atoms with Gasteiger partial charge < -0.3 is 5.11 Å². The lowest BCUT2D eigenvalue weighted by atomic mass is 10.1. The summed E-state index contributed by atoms with van der Waals surface area (Å²) in [5, 5.41) is 18.0. The van der Waals surface area contributed by atoms with Crippen molar-refractivity contribution >= 4 is 0 Å². The molecule has 2 fully saturated rings. The Morgan fingerprint density at radius 3 is 2.79 bits per heavy atom. The van der Waals surface area contributed by atoms with Crippen molar-refractivity contribution in [2.45, 2.75) is 31.5 Å². The van der Waals surface area contributed by atoms with Crippen molar-refractivity contribution in [2.75, 3.05) is 19.7 Å². The largest absolute Gasteiger partial charge is 0.395 e. The quantitative estimate of drug-likeness (QED) is 0.726. The molecule has 0 aromatic carbocycles. The van der Waals surface area contributed by atoms with Crippen molar-refractivity contribution in [3.63, 3.8) is 0 Å². The van der Waals surface area contributed by atoms with Crippen molar-refractivity contribution in [2.24, 2.45) is 5.41 Å². The Bertz CT molecular complexity index is 259. The molecule has 0 spiro atoms. The normalized spacial score (nSPS) is 35.5. The summed E-state index contributed by atoms with van der Waals surface area (Å²) in [7, 11) is 0. The number of halogens is 1. The van der Waals surface area contributed by atoms with Crippen LogP contribution in [0.5, 0.6) is 0 Å². The fraction of sp³-hybridized carbons (Fsp3) is 0.900. The molecule has 1 aliphatic carbocycles. The topological polar surface area (TPSA) is 47.3 Å². The first-order valence-electron chi connectivity index (χ1n) is 5.09. The third-order valence-electron chi connectivity index (χ3n) is 3.28. The van der Waals surface area contributed by atoms with Crippen LogP contribution in [0.2, 0.25) is 0 Å². The van der Waals surface area contributed by atoms with Crippen LogP contribution in [0.25, 0.3) is 0 Å². The van der Waals surface area contributed by atoms with Gasteiger partial charge in [-0.2, -0.15) is 5.26 Å². The van der Waals surface area contributed by atoms with Crippen LogP contribution in [0.1, 0.15) is 19.3 Å². The van der Waals surface area contributed by atoms with E-state index in [0.717, 1.165) is 12.8 Å². The summed E-state index contributed by atoms with van der Waals surface area (Å²) in [5.41, 5.74) is -0.225. The van der Waals surface area contributed by atoms with E-state index in [1.165, 1.54) is 0 Å². The number of hydrogen-bond acceptors (Lipinski definition) is 3. The molecule has 1 saturated carbocycles. The van der Waals surface area contributed by atoms with Gasteiger partial charge >= 0.3 is 0 Å². The Balaban J connectivity index is 1.94. The number of nitrogens with zero attached hydrogens (tertiary/aromatic N) is 2. The summed E-state index contributed by atoms with van der Waals surface area (Å²) in [4.78, 5) is 1.93. The van der Waals surface area contributed by atoms with Gasteiger partial charge in [0, 0.05) is 19.1 Å². The Labute approximate surface area is 83.1 Å². The van der Waals surface area contributed by atoms with Gasteiger partial charge in [0.05, 0.1) is 18.1 Å².